The van der Waals surface area contributed by atoms with E-state index in [0.29, 0.717) is 66.1 Å². The molecule has 4 aliphatic rings. The van der Waals surface area contributed by atoms with Crippen LogP contribution in [0.4, 0.5) is 0 Å². The van der Waals surface area contributed by atoms with E-state index in [1.807, 2.05) is 108 Å². The number of hydrogen-bond donors (Lipinski definition) is 1. The Morgan fingerprint density at radius 3 is 1.19 bits per heavy atom. The molecule has 1 saturated heterocycles. The SMILES string of the molecule is C=C.CC(=O)OOC(C)=O.CC(=O)[O-].CN(C)C1CCC(C(=O)Cc2cc3cc(Br)ccc3cn2)CC1.Cc1ncc(-c2ccc3cnc(CC(=O)C4CCC(N(C)C)CC4)cc3c2)o1.Cc1ncc(B2OC(C)(C)C(C)(C)O2)o1.NC1CCC(C(=O)Cc2cc3cc(Br)ccc3cn2)CC1.[B].[Na+]. The maximum absolute atomic E-state index is 12.8. The molecule has 545 valence electrons. The Morgan fingerprint density at radius 2 is 0.864 bits per heavy atom. The van der Waals surface area contributed by atoms with Crippen molar-refractivity contribution in [3.05, 3.63) is 155 Å². The van der Waals surface area contributed by atoms with Crippen LogP contribution in [0.2, 0.25) is 0 Å². The van der Waals surface area contributed by atoms with E-state index in [0.717, 1.165) is 167 Å². The summed E-state index contributed by atoms with van der Waals surface area (Å²) in [5.41, 5.74) is 9.44. The predicted octanol–water partition coefficient (Wildman–Crippen LogP) is 9.78. The maximum Gasteiger partial charge on any atom is 1.00 e. The number of benzene rings is 3. The van der Waals surface area contributed by atoms with Gasteiger partial charge in [0.15, 0.2) is 23.2 Å². The number of Topliss-reactive ketones (excluding diaryl/α,β-unsaturated/α-hetero) is 3. The van der Waals surface area contributed by atoms with E-state index in [1.54, 1.807) is 19.3 Å². The van der Waals surface area contributed by atoms with Crippen molar-refractivity contribution < 1.29 is 91.3 Å². The van der Waals surface area contributed by atoms with Crippen molar-refractivity contribution >= 4 is 121 Å². The van der Waals surface area contributed by atoms with Gasteiger partial charge in [-0.25, -0.2) is 29.3 Å². The number of carbonyl (C=O) groups is 6. The summed E-state index contributed by atoms with van der Waals surface area (Å²) >= 11 is 6.97. The van der Waals surface area contributed by atoms with Gasteiger partial charge in [-0.3, -0.25) is 29.3 Å². The molecule has 4 fully saturated rings. The molecule has 3 aromatic carbocycles. The van der Waals surface area contributed by atoms with Crippen LogP contribution in [0.1, 0.15) is 154 Å². The molecule has 21 nitrogen and oxygen atoms in total. The van der Waals surface area contributed by atoms with Crippen molar-refractivity contribution in [1.29, 1.82) is 0 Å². The van der Waals surface area contributed by atoms with E-state index in [4.69, 9.17) is 33.8 Å². The molecule has 1 aliphatic heterocycles. The Morgan fingerprint density at radius 1 is 0.524 bits per heavy atom. The molecule has 0 atom stereocenters. The Labute approximate surface area is 647 Å². The number of oxazole rings is 2. The second kappa shape index (κ2) is 42.5. The summed E-state index contributed by atoms with van der Waals surface area (Å²) in [6.45, 7) is 20.9. The van der Waals surface area contributed by atoms with E-state index in [-0.39, 0.29) is 73.0 Å². The van der Waals surface area contributed by atoms with Crippen molar-refractivity contribution in [1.82, 2.24) is 34.7 Å². The molecule has 3 saturated carbocycles. The number of nitrogens with two attached hydrogens (primary N) is 1. The number of aliphatic carboxylic acids is 1. The largest absolute Gasteiger partial charge is 1.00 e. The summed E-state index contributed by atoms with van der Waals surface area (Å²) < 4.78 is 24.7. The monoisotopic (exact) mass is 1550 g/mol. The molecular weight excluding hydrogens is 1450 g/mol. The van der Waals surface area contributed by atoms with Crippen LogP contribution in [0, 0.1) is 31.6 Å². The van der Waals surface area contributed by atoms with Crippen LogP contribution in [0.25, 0.3) is 43.6 Å². The van der Waals surface area contributed by atoms with Gasteiger partial charge in [0.05, 0.1) is 23.6 Å². The summed E-state index contributed by atoms with van der Waals surface area (Å²) in [6, 6.07) is 26.0. The van der Waals surface area contributed by atoms with Crippen molar-refractivity contribution in [3.63, 3.8) is 0 Å². The number of carbonyl (C=O) groups excluding carboxylic acids is 6. The fourth-order valence-corrected chi connectivity index (χ4v) is 13.0. The Hall–Kier alpha value is -6.64. The summed E-state index contributed by atoms with van der Waals surface area (Å²) in [5.74, 6) is 1.22. The number of rotatable bonds is 13. The van der Waals surface area contributed by atoms with Gasteiger partial charge < -0.3 is 43.6 Å². The van der Waals surface area contributed by atoms with Gasteiger partial charge in [0.1, 0.15) is 17.3 Å². The van der Waals surface area contributed by atoms with Crippen LogP contribution in [-0.4, -0.2) is 143 Å². The molecule has 3 aliphatic carbocycles. The standard InChI is InChI=1S/C23H27N3O2.C19H23BrN2O.C17H19BrN2O.C10H16BNO3.C4H6O4.C2H4O2.C2H4.B.Na/c1-15-24-14-23(28-15)17-4-5-18-13-25-20(11-19(18)10-17)12-22(27)16-6-8-21(9-7-16)26(2)3;1-22(2)18-7-4-13(5-8-18)19(23)11-17-10-15-9-16(20)6-3-14(15)12-21-17;18-14-4-1-12-10-20-16(8-13(12)7-14)9-17(21)11-2-5-15(19)6-3-11;1-7-12-6-8(13-7)11-14-9(2,3)10(4,5)15-11;1-3(5)7-8-4(2)6;1-2(3)4;1-2;;/h4-5,10-11,13-14,16,21H,6-9,12H2,1-3H3;3,6,9-10,12-13,18H,4-5,7-8,11H2,1-2H3;1,4,7-8,10-11,15H,2-3,5-6,9,19H2;6H,1-5H3;1-2H3;1H3,(H,3,4);1-2H2;;/q;;;;;;;;+1/p-1. The zero-order chi connectivity index (χ0) is 74.3. The molecule has 0 amide bonds. The quantitative estimate of drug-likeness (QED) is 0.0486. The number of aromatic nitrogens is 5. The minimum Gasteiger partial charge on any atom is -0.550 e. The van der Waals surface area contributed by atoms with Crippen molar-refractivity contribution in [2.75, 3.05) is 28.2 Å². The fraction of sp³-hybridized carbons (Fsp3) is 0.468. The third kappa shape index (κ3) is 28.3. The fourth-order valence-electron chi connectivity index (χ4n) is 12.2. The molecule has 0 unspecified atom stereocenters. The minimum absolute atomic E-state index is 0. The van der Waals surface area contributed by atoms with Crippen LogP contribution in [-0.2, 0) is 67.1 Å². The number of carboxylic acids is 1. The second-order valence-corrected chi connectivity index (χ2v) is 29.1. The van der Waals surface area contributed by atoms with Crippen molar-refractivity contribution in [2.45, 2.75) is 188 Å². The zero-order valence-corrected chi connectivity index (χ0v) is 67.4. The number of halogens is 2. The van der Waals surface area contributed by atoms with E-state index < -0.39 is 25.0 Å². The number of fused-ring (bicyclic) bond motifs is 3. The van der Waals surface area contributed by atoms with Crippen LogP contribution in [0.5, 0.6) is 0 Å². The normalized spacial score (nSPS) is 19.1. The van der Waals surface area contributed by atoms with Crippen LogP contribution >= 0.6 is 31.9 Å². The maximum atomic E-state index is 12.8. The number of hydrogen-bond acceptors (Lipinski definition) is 21. The molecular formula is C77H98B2Br2N8NaO13. The summed E-state index contributed by atoms with van der Waals surface area (Å²) in [5, 5.41) is 15.5. The average Bonchev–Trinajstić information content (AvgIpc) is 1.64. The second-order valence-electron chi connectivity index (χ2n) is 27.3. The first-order valence-corrected chi connectivity index (χ1v) is 35.8. The van der Waals surface area contributed by atoms with Crippen LogP contribution < -0.4 is 46.1 Å². The van der Waals surface area contributed by atoms with E-state index >= 15 is 0 Å². The molecule has 6 heterocycles. The first kappa shape index (κ1) is 88.8. The molecule has 8 aromatic rings. The number of nitrogens with zero attached hydrogens (tertiary/aromatic N) is 7. The summed E-state index contributed by atoms with van der Waals surface area (Å²) in [4.78, 5) is 100. The van der Waals surface area contributed by atoms with Crippen molar-refractivity contribution in [3.8, 4) is 11.3 Å². The summed E-state index contributed by atoms with van der Waals surface area (Å²) in [6.07, 6.45) is 22.5. The molecule has 103 heavy (non-hydrogen) atoms. The van der Waals surface area contributed by atoms with Gasteiger partial charge >= 0.3 is 48.6 Å². The van der Waals surface area contributed by atoms with Crippen LogP contribution in [0.15, 0.2) is 135 Å². The number of pyridine rings is 3. The van der Waals surface area contributed by atoms with Gasteiger partial charge in [-0.1, -0.05) is 56.1 Å². The topological polar surface area (TPSA) is 286 Å². The van der Waals surface area contributed by atoms with E-state index in [2.05, 4.69) is 136 Å². The first-order valence-electron chi connectivity index (χ1n) is 34.2. The zero-order valence-electron chi connectivity index (χ0n) is 62.2. The Balaban J connectivity index is 0.000000276. The minimum atomic E-state index is -1.08. The average molecular weight is 1550 g/mol. The summed E-state index contributed by atoms with van der Waals surface area (Å²) in [7, 11) is 8.06. The Kier molecular flexibility index (Phi) is 36.6. The number of aryl methyl sites for hydroxylation is 2. The van der Waals surface area contributed by atoms with Gasteiger partial charge in [0.2, 0.25) is 0 Å². The van der Waals surface area contributed by atoms with Gasteiger partial charge in [-0.05, 0) is 205 Å². The van der Waals surface area contributed by atoms with Gasteiger partial charge in [0.25, 0.3) is 0 Å². The molecule has 26 heteroatoms. The Bertz CT molecular complexity index is 4040. The molecule has 2 N–H and O–H groups in total. The number of ketones is 3. The third-order valence-electron chi connectivity index (χ3n) is 18.6. The molecule has 3 radical (unpaired) electrons. The van der Waals surface area contributed by atoms with E-state index in [9.17, 15) is 24.0 Å². The van der Waals surface area contributed by atoms with Gasteiger partial charge in [-0.15, -0.1) is 13.2 Å². The molecule has 12 rings (SSSR count). The molecule has 0 spiro atoms. The molecule has 0 bridgehead atoms. The van der Waals surface area contributed by atoms with E-state index in [1.165, 1.54) is 0 Å². The number of carboxylic acid groups (broad SMARTS) is 1. The van der Waals surface area contributed by atoms with Gasteiger partial charge in [-0.2, -0.15) is 0 Å². The smallest absolute Gasteiger partial charge is 0.550 e. The predicted molar refractivity (Wildman–Crippen MR) is 404 cm³/mol. The molecule has 5 aromatic heterocycles. The van der Waals surface area contributed by atoms with Crippen molar-refractivity contribution in [2.24, 2.45) is 23.5 Å². The van der Waals surface area contributed by atoms with Crippen LogP contribution in [0.3, 0.4) is 0 Å². The first-order chi connectivity index (χ1) is 47.8. The third-order valence-corrected chi connectivity index (χ3v) is 19.6. The van der Waals surface area contributed by atoms with Gasteiger partial charge in [0, 0.05) is 164 Å².